The van der Waals surface area contributed by atoms with Gasteiger partial charge in [-0.25, -0.2) is 0 Å². The van der Waals surface area contributed by atoms with Crippen molar-refractivity contribution < 1.29 is 5.11 Å². The van der Waals surface area contributed by atoms with Gasteiger partial charge in [-0.1, -0.05) is 18.2 Å². The first-order valence-electron chi connectivity index (χ1n) is 8.96. The number of likely N-dealkylation sites (tertiary alicyclic amines) is 1. The van der Waals surface area contributed by atoms with Crippen molar-refractivity contribution in [3.63, 3.8) is 0 Å². The van der Waals surface area contributed by atoms with Gasteiger partial charge in [0.25, 0.3) is 0 Å². The lowest BCUT2D eigenvalue weighted by Crippen LogP contribution is -2.30. The number of halogens is 1. The first-order valence-corrected chi connectivity index (χ1v) is 8.96. The standard InChI is InChI=1S/C19H26N4O.ClH/c1-22-12-16(11-21-22)18(24)10-17-6-3-9-23(17)13-15-5-2-4-14-7-8-20-19(14)15;/h2,4-5,11-12,17-18,20,24H,3,6-10,13H2,1H3;1H. The van der Waals surface area contributed by atoms with Crippen LogP contribution in [0.25, 0.3) is 0 Å². The molecular formula is C19H27ClN4O. The van der Waals surface area contributed by atoms with Crippen LogP contribution in [0.2, 0.25) is 0 Å². The van der Waals surface area contributed by atoms with Gasteiger partial charge in [-0.15, -0.1) is 12.4 Å². The molecule has 25 heavy (non-hydrogen) atoms. The minimum absolute atomic E-state index is 0. The van der Waals surface area contributed by atoms with E-state index in [-0.39, 0.29) is 12.4 Å². The van der Waals surface area contributed by atoms with Crippen molar-refractivity contribution in [3.8, 4) is 0 Å². The fourth-order valence-electron chi connectivity index (χ4n) is 4.14. The molecule has 2 unspecified atom stereocenters. The number of aliphatic hydroxyl groups is 1. The molecule has 4 rings (SSSR count). The maximum atomic E-state index is 10.5. The molecule has 1 aromatic carbocycles. The Balaban J connectivity index is 0.00000182. The van der Waals surface area contributed by atoms with Crippen LogP contribution in [-0.2, 0) is 20.0 Å². The third-order valence-corrected chi connectivity index (χ3v) is 5.41. The predicted octanol–water partition coefficient (Wildman–Crippen LogP) is 2.90. The second-order valence-electron chi connectivity index (χ2n) is 7.09. The number of nitrogens with zero attached hydrogens (tertiary/aromatic N) is 3. The average molecular weight is 363 g/mol. The van der Waals surface area contributed by atoms with Crippen LogP contribution in [0.5, 0.6) is 0 Å². The second-order valence-corrected chi connectivity index (χ2v) is 7.09. The van der Waals surface area contributed by atoms with E-state index in [4.69, 9.17) is 0 Å². The largest absolute Gasteiger partial charge is 0.388 e. The molecule has 0 aliphatic carbocycles. The molecule has 2 aliphatic heterocycles. The van der Waals surface area contributed by atoms with Crippen LogP contribution >= 0.6 is 12.4 Å². The zero-order chi connectivity index (χ0) is 16.5. The maximum absolute atomic E-state index is 10.5. The first-order chi connectivity index (χ1) is 11.7. The Labute approximate surface area is 155 Å². The fraction of sp³-hybridized carbons (Fsp3) is 0.526. The highest BCUT2D eigenvalue weighted by atomic mass is 35.5. The zero-order valence-electron chi connectivity index (χ0n) is 14.7. The van der Waals surface area contributed by atoms with Gasteiger partial charge in [0.15, 0.2) is 0 Å². The van der Waals surface area contributed by atoms with E-state index in [1.165, 1.54) is 29.7 Å². The van der Waals surface area contributed by atoms with Gasteiger partial charge in [-0.3, -0.25) is 9.58 Å². The molecular weight excluding hydrogens is 336 g/mol. The number of rotatable bonds is 5. The number of para-hydroxylation sites is 1. The highest BCUT2D eigenvalue weighted by Crippen LogP contribution is 2.32. The summed E-state index contributed by atoms with van der Waals surface area (Å²) in [6, 6.07) is 7.09. The molecule has 2 N–H and O–H groups in total. The minimum Gasteiger partial charge on any atom is -0.388 e. The number of hydrogen-bond donors (Lipinski definition) is 2. The van der Waals surface area contributed by atoms with Crippen molar-refractivity contribution in [1.82, 2.24) is 14.7 Å². The molecule has 6 heteroatoms. The molecule has 0 bridgehead atoms. The zero-order valence-corrected chi connectivity index (χ0v) is 15.5. The molecule has 136 valence electrons. The molecule has 0 amide bonds. The SMILES string of the molecule is Cl.Cn1cc(C(O)CC2CCCN2Cc2cccc3c2NCC3)cn1. The summed E-state index contributed by atoms with van der Waals surface area (Å²) in [5.41, 5.74) is 5.11. The third-order valence-electron chi connectivity index (χ3n) is 5.41. The Morgan fingerprint density at radius 3 is 3.08 bits per heavy atom. The Morgan fingerprint density at radius 1 is 1.40 bits per heavy atom. The number of hydrogen-bond acceptors (Lipinski definition) is 4. The molecule has 0 saturated carbocycles. The van der Waals surface area contributed by atoms with Crippen molar-refractivity contribution >= 4 is 18.1 Å². The summed E-state index contributed by atoms with van der Waals surface area (Å²) in [5, 5.41) is 18.3. The van der Waals surface area contributed by atoms with E-state index in [1.807, 2.05) is 13.2 Å². The van der Waals surface area contributed by atoms with E-state index in [1.54, 1.807) is 10.9 Å². The number of nitrogens with one attached hydrogen (secondary N) is 1. The number of benzene rings is 1. The molecule has 2 aromatic rings. The highest BCUT2D eigenvalue weighted by Gasteiger charge is 2.28. The van der Waals surface area contributed by atoms with E-state index in [2.05, 4.69) is 33.5 Å². The summed E-state index contributed by atoms with van der Waals surface area (Å²) in [5.74, 6) is 0. The van der Waals surface area contributed by atoms with Crippen LogP contribution in [0.4, 0.5) is 5.69 Å². The molecule has 3 heterocycles. The Morgan fingerprint density at radius 2 is 2.28 bits per heavy atom. The average Bonchev–Trinajstić information content (AvgIpc) is 3.29. The molecule has 2 atom stereocenters. The van der Waals surface area contributed by atoms with Gasteiger partial charge >= 0.3 is 0 Å². The van der Waals surface area contributed by atoms with Gasteiger partial charge in [-0.2, -0.15) is 5.10 Å². The quantitative estimate of drug-likeness (QED) is 0.858. The molecule has 0 radical (unpaired) electrons. The van der Waals surface area contributed by atoms with Gasteiger partial charge in [0.1, 0.15) is 0 Å². The van der Waals surface area contributed by atoms with Crippen molar-refractivity contribution in [2.45, 2.75) is 44.4 Å². The van der Waals surface area contributed by atoms with E-state index in [0.29, 0.717) is 6.04 Å². The van der Waals surface area contributed by atoms with Crippen LogP contribution in [0.1, 0.15) is 42.1 Å². The van der Waals surface area contributed by atoms with Gasteiger partial charge in [0.2, 0.25) is 0 Å². The smallest absolute Gasteiger partial charge is 0.0835 e. The van der Waals surface area contributed by atoms with Gasteiger partial charge in [-0.05, 0) is 43.4 Å². The number of fused-ring (bicyclic) bond motifs is 1. The summed E-state index contributed by atoms with van der Waals surface area (Å²) in [6.45, 7) is 3.14. The molecule has 1 fully saturated rings. The molecule has 2 aliphatic rings. The summed E-state index contributed by atoms with van der Waals surface area (Å²) in [4.78, 5) is 2.54. The van der Waals surface area contributed by atoms with E-state index in [0.717, 1.165) is 38.0 Å². The lowest BCUT2D eigenvalue weighted by Gasteiger charge is -2.27. The summed E-state index contributed by atoms with van der Waals surface area (Å²) >= 11 is 0. The lowest BCUT2D eigenvalue weighted by molar-refractivity contribution is 0.118. The van der Waals surface area contributed by atoms with Gasteiger partial charge in [0.05, 0.1) is 12.3 Å². The lowest BCUT2D eigenvalue weighted by atomic mass is 10.0. The number of aliphatic hydroxyl groups excluding tert-OH is 1. The first kappa shape index (κ1) is 18.2. The summed E-state index contributed by atoms with van der Waals surface area (Å²) < 4.78 is 1.75. The normalized spacial score (nSPS) is 20.8. The van der Waals surface area contributed by atoms with Gasteiger partial charge < -0.3 is 10.4 Å². The number of anilines is 1. The van der Waals surface area contributed by atoms with Crippen molar-refractivity contribution in [2.75, 3.05) is 18.4 Å². The predicted molar refractivity (Wildman–Crippen MR) is 102 cm³/mol. The third kappa shape index (κ3) is 3.84. The Kier molecular flexibility index (Phi) is 5.67. The summed E-state index contributed by atoms with van der Waals surface area (Å²) in [6.07, 6.45) is 7.56. The number of aryl methyl sites for hydroxylation is 1. The maximum Gasteiger partial charge on any atom is 0.0835 e. The molecule has 1 saturated heterocycles. The highest BCUT2D eigenvalue weighted by molar-refractivity contribution is 5.85. The van der Waals surface area contributed by atoms with E-state index in [9.17, 15) is 5.11 Å². The molecule has 1 aromatic heterocycles. The van der Waals surface area contributed by atoms with Crippen molar-refractivity contribution in [1.29, 1.82) is 0 Å². The van der Waals surface area contributed by atoms with Crippen molar-refractivity contribution in [2.24, 2.45) is 7.05 Å². The molecule has 0 spiro atoms. The van der Waals surface area contributed by atoms with Crippen LogP contribution in [0.3, 0.4) is 0 Å². The second kappa shape index (κ2) is 7.77. The van der Waals surface area contributed by atoms with Crippen molar-refractivity contribution in [3.05, 3.63) is 47.3 Å². The van der Waals surface area contributed by atoms with Gasteiger partial charge in [0, 0.05) is 43.6 Å². The fourth-order valence-corrected chi connectivity index (χ4v) is 4.14. The van der Waals surface area contributed by atoms with E-state index >= 15 is 0 Å². The van der Waals surface area contributed by atoms with E-state index < -0.39 is 6.10 Å². The van der Waals surface area contributed by atoms with Crippen LogP contribution in [0, 0.1) is 0 Å². The monoisotopic (exact) mass is 362 g/mol. The molecule has 5 nitrogen and oxygen atoms in total. The van der Waals surface area contributed by atoms with Crippen LogP contribution < -0.4 is 5.32 Å². The summed E-state index contributed by atoms with van der Waals surface area (Å²) in [7, 11) is 1.89. The Hall–Kier alpha value is -1.56. The topological polar surface area (TPSA) is 53.3 Å². The minimum atomic E-state index is -0.427. The number of aromatic nitrogens is 2. The van der Waals surface area contributed by atoms with Crippen LogP contribution in [0.15, 0.2) is 30.6 Å². The van der Waals surface area contributed by atoms with Crippen LogP contribution in [-0.4, -0.2) is 38.9 Å². The Bertz CT molecular complexity index is 717.